The van der Waals surface area contributed by atoms with Crippen molar-refractivity contribution in [2.75, 3.05) is 33.2 Å². The lowest BCUT2D eigenvalue weighted by molar-refractivity contribution is 0.0941. The molecule has 5 nitrogen and oxygen atoms in total. The van der Waals surface area contributed by atoms with Gasteiger partial charge >= 0.3 is 0 Å². The van der Waals surface area contributed by atoms with Crippen LogP contribution in [0.1, 0.15) is 45.2 Å². The molecule has 0 unspecified atom stereocenters. The van der Waals surface area contributed by atoms with Crippen LogP contribution in [0.2, 0.25) is 0 Å². The van der Waals surface area contributed by atoms with Crippen LogP contribution in [-0.2, 0) is 6.42 Å². The molecule has 162 valence electrons. The minimum absolute atomic E-state index is 0.0482. The normalized spacial score (nSPS) is 10.9. The van der Waals surface area contributed by atoms with Gasteiger partial charge in [0, 0.05) is 19.6 Å². The number of amides is 2. The summed E-state index contributed by atoms with van der Waals surface area (Å²) in [7, 11) is 1.95. The zero-order valence-electron chi connectivity index (χ0n) is 17.7. The number of halogens is 2. The zero-order chi connectivity index (χ0) is 22.1. The lowest BCUT2D eigenvalue weighted by atomic mass is 10.1. The first-order valence-electron chi connectivity index (χ1n) is 10.1. The molecular weight excluding hydrogens is 388 g/mol. The second kappa shape index (κ2) is 11.4. The Morgan fingerprint density at radius 2 is 1.57 bits per heavy atom. The molecule has 0 bridgehead atoms. The van der Waals surface area contributed by atoms with Crippen molar-refractivity contribution < 1.29 is 18.4 Å². The Bertz CT molecular complexity index is 887. The van der Waals surface area contributed by atoms with Crippen LogP contribution in [0.5, 0.6) is 0 Å². The van der Waals surface area contributed by atoms with E-state index in [-0.39, 0.29) is 11.1 Å². The fourth-order valence-corrected chi connectivity index (χ4v) is 3.04. The Hall–Kier alpha value is -2.80. The van der Waals surface area contributed by atoms with Crippen molar-refractivity contribution in [1.82, 2.24) is 15.5 Å². The maximum Gasteiger partial charge on any atom is 0.254 e. The van der Waals surface area contributed by atoms with Crippen LogP contribution in [0.15, 0.2) is 36.4 Å². The predicted octanol–water partition coefficient (Wildman–Crippen LogP) is 3.32. The highest BCUT2D eigenvalue weighted by Gasteiger charge is 2.12. The fraction of sp³-hybridized carbons (Fsp3) is 0.391. The molecule has 0 aliphatic heterocycles. The minimum atomic E-state index is -0.521. The third-order valence-electron chi connectivity index (χ3n) is 4.77. The van der Waals surface area contributed by atoms with Gasteiger partial charge in [-0.25, -0.2) is 8.78 Å². The molecule has 0 radical (unpaired) electrons. The minimum Gasteiger partial charge on any atom is -0.352 e. The number of benzene rings is 2. The van der Waals surface area contributed by atoms with Crippen molar-refractivity contribution in [1.29, 1.82) is 0 Å². The van der Waals surface area contributed by atoms with E-state index in [1.807, 2.05) is 7.05 Å². The number of rotatable bonds is 10. The summed E-state index contributed by atoms with van der Waals surface area (Å²) in [4.78, 5) is 25.9. The maximum absolute atomic E-state index is 14.1. The molecule has 0 heterocycles. The molecular formula is C23H29F2N3O2. The SMILES string of the molecule is CCNC(=O)c1ccc(CCN(C)CCCNC(=O)c2ccc(C)cc2F)cc1F. The van der Waals surface area contributed by atoms with E-state index in [1.165, 1.54) is 24.3 Å². The summed E-state index contributed by atoms with van der Waals surface area (Å²) in [5, 5.41) is 5.32. The van der Waals surface area contributed by atoms with E-state index in [1.54, 1.807) is 26.0 Å². The number of aryl methyl sites for hydroxylation is 1. The van der Waals surface area contributed by atoms with Crippen molar-refractivity contribution in [3.63, 3.8) is 0 Å². The number of likely N-dealkylation sites (N-methyl/N-ethyl adjacent to an activating group) is 1. The summed E-state index contributed by atoms with van der Waals surface area (Å²) in [5.74, 6) is -1.87. The quantitative estimate of drug-likeness (QED) is 0.583. The number of hydrogen-bond donors (Lipinski definition) is 2. The molecule has 2 aromatic rings. The van der Waals surface area contributed by atoms with E-state index in [2.05, 4.69) is 15.5 Å². The van der Waals surface area contributed by atoms with Gasteiger partial charge in [0.25, 0.3) is 11.8 Å². The van der Waals surface area contributed by atoms with Crippen LogP contribution in [0, 0.1) is 18.6 Å². The first-order valence-corrected chi connectivity index (χ1v) is 10.1. The third kappa shape index (κ3) is 6.91. The third-order valence-corrected chi connectivity index (χ3v) is 4.77. The van der Waals surface area contributed by atoms with Gasteiger partial charge in [-0.1, -0.05) is 12.1 Å². The van der Waals surface area contributed by atoms with Crippen molar-refractivity contribution in [2.45, 2.75) is 26.7 Å². The summed E-state index contributed by atoms with van der Waals surface area (Å²) in [5.41, 5.74) is 1.68. The van der Waals surface area contributed by atoms with Gasteiger partial charge in [-0.15, -0.1) is 0 Å². The Morgan fingerprint density at radius 1 is 0.933 bits per heavy atom. The highest BCUT2D eigenvalue weighted by molar-refractivity contribution is 5.95. The van der Waals surface area contributed by atoms with Gasteiger partial charge < -0.3 is 15.5 Å². The molecule has 0 saturated heterocycles. The summed E-state index contributed by atoms with van der Waals surface area (Å²) in [6, 6.07) is 9.20. The number of hydrogen-bond acceptors (Lipinski definition) is 3. The van der Waals surface area contributed by atoms with Gasteiger partial charge in [0.05, 0.1) is 11.1 Å². The van der Waals surface area contributed by atoms with Crippen molar-refractivity contribution in [2.24, 2.45) is 0 Å². The second-order valence-corrected chi connectivity index (χ2v) is 7.32. The smallest absolute Gasteiger partial charge is 0.254 e. The van der Waals surface area contributed by atoms with Crippen molar-refractivity contribution >= 4 is 11.8 Å². The molecule has 2 N–H and O–H groups in total. The number of carbonyl (C=O) groups excluding carboxylic acids is 2. The second-order valence-electron chi connectivity index (χ2n) is 7.32. The average molecular weight is 418 g/mol. The topological polar surface area (TPSA) is 61.4 Å². The van der Waals surface area contributed by atoms with Crippen LogP contribution in [0.4, 0.5) is 8.78 Å². The Morgan fingerprint density at radius 3 is 2.20 bits per heavy atom. The lowest BCUT2D eigenvalue weighted by Gasteiger charge is -2.17. The Kier molecular flexibility index (Phi) is 8.92. The van der Waals surface area contributed by atoms with Gasteiger partial charge in [0.2, 0.25) is 0 Å². The van der Waals surface area contributed by atoms with Gasteiger partial charge in [-0.05, 0) is 75.7 Å². The molecule has 0 fully saturated rings. The molecule has 0 aromatic heterocycles. The van der Waals surface area contributed by atoms with Gasteiger partial charge in [0.1, 0.15) is 11.6 Å². The lowest BCUT2D eigenvalue weighted by Crippen LogP contribution is -2.29. The molecule has 0 spiro atoms. The number of carbonyl (C=O) groups is 2. The summed E-state index contributed by atoms with van der Waals surface area (Å²) >= 11 is 0. The molecule has 0 aliphatic carbocycles. The van der Waals surface area contributed by atoms with E-state index in [0.29, 0.717) is 32.5 Å². The summed E-state index contributed by atoms with van der Waals surface area (Å²) in [6.45, 7) is 5.88. The first-order chi connectivity index (χ1) is 14.3. The Labute approximate surface area is 176 Å². The highest BCUT2D eigenvalue weighted by Crippen LogP contribution is 2.12. The first kappa shape index (κ1) is 23.5. The zero-order valence-corrected chi connectivity index (χ0v) is 17.7. The highest BCUT2D eigenvalue weighted by atomic mass is 19.1. The Balaban J connectivity index is 1.72. The monoisotopic (exact) mass is 417 g/mol. The van der Waals surface area contributed by atoms with Crippen LogP contribution in [-0.4, -0.2) is 49.9 Å². The largest absolute Gasteiger partial charge is 0.352 e. The van der Waals surface area contributed by atoms with E-state index in [9.17, 15) is 18.4 Å². The van der Waals surface area contributed by atoms with Gasteiger partial charge in [0.15, 0.2) is 0 Å². The average Bonchev–Trinajstić information content (AvgIpc) is 2.69. The van der Waals surface area contributed by atoms with Crippen LogP contribution in [0.3, 0.4) is 0 Å². The molecule has 2 amide bonds. The van der Waals surface area contributed by atoms with Gasteiger partial charge in [-0.3, -0.25) is 9.59 Å². The van der Waals surface area contributed by atoms with E-state index < -0.39 is 23.4 Å². The maximum atomic E-state index is 14.1. The van der Waals surface area contributed by atoms with E-state index in [0.717, 1.165) is 17.7 Å². The molecule has 0 saturated carbocycles. The molecule has 30 heavy (non-hydrogen) atoms. The fourth-order valence-electron chi connectivity index (χ4n) is 3.04. The molecule has 7 heteroatoms. The van der Waals surface area contributed by atoms with Crippen LogP contribution in [0.25, 0.3) is 0 Å². The number of nitrogens with zero attached hydrogens (tertiary/aromatic N) is 1. The molecule has 0 aliphatic rings. The predicted molar refractivity (Wildman–Crippen MR) is 114 cm³/mol. The summed E-state index contributed by atoms with van der Waals surface area (Å²) < 4.78 is 27.9. The van der Waals surface area contributed by atoms with Crippen LogP contribution < -0.4 is 10.6 Å². The van der Waals surface area contributed by atoms with Crippen molar-refractivity contribution in [3.8, 4) is 0 Å². The van der Waals surface area contributed by atoms with Crippen molar-refractivity contribution in [3.05, 3.63) is 70.3 Å². The van der Waals surface area contributed by atoms with E-state index >= 15 is 0 Å². The van der Waals surface area contributed by atoms with E-state index in [4.69, 9.17) is 0 Å². The molecule has 0 atom stereocenters. The molecule has 2 rings (SSSR count). The summed E-state index contributed by atoms with van der Waals surface area (Å²) in [6.07, 6.45) is 1.35. The standard InChI is InChI=1S/C23H29F2N3O2/c1-4-26-22(29)19-9-7-17(15-21(19)25)10-13-28(3)12-5-11-27-23(30)18-8-6-16(2)14-20(18)24/h6-9,14-15H,4-5,10-13H2,1-3H3,(H,26,29)(H,27,30). The molecule has 2 aromatic carbocycles. The number of nitrogens with one attached hydrogen (secondary N) is 2. The van der Waals surface area contributed by atoms with Gasteiger partial charge in [-0.2, -0.15) is 0 Å². The van der Waals surface area contributed by atoms with Crippen LogP contribution >= 0.6 is 0 Å².